The minimum absolute atomic E-state index is 0.373. The topological polar surface area (TPSA) is 39.1 Å². The van der Waals surface area contributed by atoms with Crippen LogP contribution in [0.15, 0.2) is 6.20 Å². The molecule has 0 bridgehead atoms. The Labute approximate surface area is 102 Å². The van der Waals surface area contributed by atoms with Gasteiger partial charge in [0, 0.05) is 30.5 Å². The molecule has 1 saturated heterocycles. The molecule has 1 aromatic heterocycles. The van der Waals surface area contributed by atoms with E-state index in [1.54, 1.807) is 0 Å². The first-order chi connectivity index (χ1) is 8.33. The Bertz CT molecular complexity index is 378. The minimum atomic E-state index is 0.373. The molecule has 1 unspecified atom stereocenters. The maximum atomic E-state index is 5.65. The van der Waals surface area contributed by atoms with Crippen LogP contribution in [0.2, 0.25) is 0 Å². The molecule has 4 heteroatoms. The van der Waals surface area contributed by atoms with Crippen LogP contribution in [-0.2, 0) is 17.8 Å². The van der Waals surface area contributed by atoms with Crippen molar-refractivity contribution in [1.82, 2.24) is 15.1 Å². The molecule has 94 valence electrons. The predicted octanol–water partition coefficient (Wildman–Crippen LogP) is 1.62. The van der Waals surface area contributed by atoms with Gasteiger partial charge in [-0.05, 0) is 32.6 Å². The fourth-order valence-electron chi connectivity index (χ4n) is 2.37. The van der Waals surface area contributed by atoms with Gasteiger partial charge in [-0.2, -0.15) is 5.10 Å². The highest BCUT2D eigenvalue weighted by Crippen LogP contribution is 2.20. The summed E-state index contributed by atoms with van der Waals surface area (Å²) in [7, 11) is 0. The molecule has 1 aliphatic heterocycles. The Balaban J connectivity index is 1.59. The van der Waals surface area contributed by atoms with Crippen LogP contribution < -0.4 is 5.32 Å². The molecule has 0 aromatic carbocycles. The second-order valence-electron chi connectivity index (χ2n) is 5.23. The average molecular weight is 235 g/mol. The molecule has 1 N–H and O–H groups in total. The molecule has 1 aromatic rings. The third-order valence-electron chi connectivity index (χ3n) is 3.76. The Morgan fingerprint density at radius 2 is 2.35 bits per heavy atom. The zero-order chi connectivity index (χ0) is 11.7. The first-order valence-corrected chi connectivity index (χ1v) is 6.69. The molecule has 1 saturated carbocycles. The highest BCUT2D eigenvalue weighted by molar-refractivity contribution is 5.16. The van der Waals surface area contributed by atoms with Gasteiger partial charge in [0.1, 0.15) is 0 Å². The summed E-state index contributed by atoms with van der Waals surface area (Å²) in [5.74, 6) is 0. The lowest BCUT2D eigenvalue weighted by molar-refractivity contribution is 0.0934. The molecule has 0 amide bonds. The maximum absolute atomic E-state index is 5.65. The van der Waals surface area contributed by atoms with E-state index in [1.807, 2.05) is 6.20 Å². The molecular formula is C13H21N3O. The molecule has 1 atom stereocenters. The van der Waals surface area contributed by atoms with E-state index in [1.165, 1.54) is 36.9 Å². The highest BCUT2D eigenvalue weighted by atomic mass is 16.5. The third kappa shape index (κ3) is 2.69. The summed E-state index contributed by atoms with van der Waals surface area (Å²) < 4.78 is 7.75. The Morgan fingerprint density at radius 1 is 1.47 bits per heavy atom. The van der Waals surface area contributed by atoms with Crippen molar-refractivity contribution in [3.05, 3.63) is 17.5 Å². The van der Waals surface area contributed by atoms with Crippen LogP contribution in [0.1, 0.15) is 36.9 Å². The molecular weight excluding hydrogens is 214 g/mol. The molecule has 17 heavy (non-hydrogen) atoms. The van der Waals surface area contributed by atoms with Crippen molar-refractivity contribution in [1.29, 1.82) is 0 Å². The molecule has 4 nitrogen and oxygen atoms in total. The summed E-state index contributed by atoms with van der Waals surface area (Å²) in [6.07, 6.45) is 7.42. The van der Waals surface area contributed by atoms with Crippen LogP contribution in [0, 0.1) is 6.92 Å². The molecule has 0 radical (unpaired) electrons. The lowest BCUT2D eigenvalue weighted by Crippen LogP contribution is -2.18. The standard InChI is InChI=1S/C13H21N3O/c1-10-11(7-14-12-4-5-12)8-15-16(10)9-13-3-2-6-17-13/h8,12-14H,2-7,9H2,1H3. The monoisotopic (exact) mass is 235 g/mol. The smallest absolute Gasteiger partial charge is 0.0771 e. The van der Waals surface area contributed by atoms with Gasteiger partial charge in [-0.3, -0.25) is 4.68 Å². The van der Waals surface area contributed by atoms with Crippen molar-refractivity contribution in [2.24, 2.45) is 0 Å². The Kier molecular flexibility index (Phi) is 3.16. The first kappa shape index (κ1) is 11.2. The van der Waals surface area contributed by atoms with Crippen molar-refractivity contribution >= 4 is 0 Å². The molecule has 2 fully saturated rings. The summed E-state index contributed by atoms with van der Waals surface area (Å²) >= 11 is 0. The quantitative estimate of drug-likeness (QED) is 0.843. The molecule has 0 spiro atoms. The summed E-state index contributed by atoms with van der Waals surface area (Å²) in [5, 5.41) is 8.01. The number of nitrogens with zero attached hydrogens (tertiary/aromatic N) is 2. The van der Waals surface area contributed by atoms with Crippen molar-refractivity contribution in [3.8, 4) is 0 Å². The Morgan fingerprint density at radius 3 is 3.06 bits per heavy atom. The largest absolute Gasteiger partial charge is 0.376 e. The number of rotatable bonds is 5. The van der Waals surface area contributed by atoms with Crippen molar-refractivity contribution in [2.75, 3.05) is 6.61 Å². The van der Waals surface area contributed by atoms with E-state index in [-0.39, 0.29) is 0 Å². The van der Waals surface area contributed by atoms with Gasteiger partial charge in [0.2, 0.25) is 0 Å². The van der Waals surface area contributed by atoms with Gasteiger partial charge < -0.3 is 10.1 Å². The fraction of sp³-hybridized carbons (Fsp3) is 0.769. The first-order valence-electron chi connectivity index (χ1n) is 6.69. The number of ether oxygens (including phenoxy) is 1. The van der Waals surface area contributed by atoms with Crippen molar-refractivity contribution < 1.29 is 4.74 Å². The number of hydrogen-bond acceptors (Lipinski definition) is 3. The van der Waals surface area contributed by atoms with Gasteiger partial charge in [-0.1, -0.05) is 0 Å². The summed E-state index contributed by atoms with van der Waals surface area (Å²) in [5.41, 5.74) is 2.61. The molecule has 2 aliphatic rings. The van der Waals surface area contributed by atoms with Crippen LogP contribution in [0.25, 0.3) is 0 Å². The third-order valence-corrected chi connectivity index (χ3v) is 3.76. The Hall–Kier alpha value is -0.870. The number of aromatic nitrogens is 2. The van der Waals surface area contributed by atoms with Gasteiger partial charge >= 0.3 is 0 Å². The number of nitrogens with one attached hydrogen (secondary N) is 1. The van der Waals surface area contributed by atoms with Crippen LogP contribution in [-0.4, -0.2) is 28.5 Å². The van der Waals surface area contributed by atoms with E-state index >= 15 is 0 Å². The van der Waals surface area contributed by atoms with Gasteiger partial charge in [0.15, 0.2) is 0 Å². The normalized spacial score (nSPS) is 24.4. The summed E-state index contributed by atoms with van der Waals surface area (Å²) in [4.78, 5) is 0. The van der Waals surface area contributed by atoms with Gasteiger partial charge in [0.05, 0.1) is 18.8 Å². The SMILES string of the molecule is Cc1c(CNC2CC2)cnn1CC1CCCO1. The van der Waals surface area contributed by atoms with Crippen molar-refractivity contribution in [3.63, 3.8) is 0 Å². The zero-order valence-corrected chi connectivity index (χ0v) is 10.5. The van der Waals surface area contributed by atoms with E-state index in [9.17, 15) is 0 Å². The van der Waals surface area contributed by atoms with E-state index < -0.39 is 0 Å². The van der Waals surface area contributed by atoms with Crippen LogP contribution in [0.4, 0.5) is 0 Å². The highest BCUT2D eigenvalue weighted by Gasteiger charge is 2.21. The second kappa shape index (κ2) is 4.78. The molecule has 2 heterocycles. The lowest BCUT2D eigenvalue weighted by Gasteiger charge is -2.11. The summed E-state index contributed by atoms with van der Waals surface area (Å²) in [6.45, 7) is 4.95. The summed E-state index contributed by atoms with van der Waals surface area (Å²) in [6, 6.07) is 0.760. The zero-order valence-electron chi connectivity index (χ0n) is 10.5. The van der Waals surface area contributed by atoms with E-state index in [0.29, 0.717) is 6.10 Å². The van der Waals surface area contributed by atoms with Crippen molar-refractivity contribution in [2.45, 2.75) is 57.8 Å². The minimum Gasteiger partial charge on any atom is -0.376 e. The molecule has 3 rings (SSSR count). The van der Waals surface area contributed by atoms with E-state index in [2.05, 4.69) is 22.0 Å². The van der Waals surface area contributed by atoms with Crippen LogP contribution in [0.5, 0.6) is 0 Å². The van der Waals surface area contributed by atoms with E-state index in [0.717, 1.165) is 25.7 Å². The predicted molar refractivity (Wildman–Crippen MR) is 65.8 cm³/mol. The van der Waals surface area contributed by atoms with Crippen LogP contribution >= 0.6 is 0 Å². The average Bonchev–Trinajstić information content (AvgIpc) is 2.90. The maximum Gasteiger partial charge on any atom is 0.0771 e. The lowest BCUT2D eigenvalue weighted by atomic mass is 10.2. The van der Waals surface area contributed by atoms with Crippen LogP contribution in [0.3, 0.4) is 0 Å². The van der Waals surface area contributed by atoms with Gasteiger partial charge in [0.25, 0.3) is 0 Å². The van der Waals surface area contributed by atoms with Gasteiger partial charge in [-0.25, -0.2) is 0 Å². The molecule has 1 aliphatic carbocycles. The number of hydrogen-bond donors (Lipinski definition) is 1. The fourth-order valence-corrected chi connectivity index (χ4v) is 2.37. The van der Waals surface area contributed by atoms with E-state index in [4.69, 9.17) is 4.74 Å². The van der Waals surface area contributed by atoms with Gasteiger partial charge in [-0.15, -0.1) is 0 Å². The second-order valence-corrected chi connectivity index (χ2v) is 5.23.